The van der Waals surface area contributed by atoms with Gasteiger partial charge in [-0.25, -0.2) is 0 Å². The Kier molecular flexibility index (Phi) is 8.26. The van der Waals surface area contributed by atoms with Gasteiger partial charge in [0.05, 0.1) is 5.52 Å². The van der Waals surface area contributed by atoms with Crippen LogP contribution in [-0.2, 0) is 16.7 Å². The molecule has 2 aromatic carbocycles. The number of hydrogen-bond donors (Lipinski definition) is 2. The fourth-order valence-electron chi connectivity index (χ4n) is 2.93. The van der Waals surface area contributed by atoms with E-state index in [0.717, 1.165) is 18.6 Å². The van der Waals surface area contributed by atoms with Gasteiger partial charge in [0.15, 0.2) is 5.75 Å². The zero-order chi connectivity index (χ0) is 22.1. The van der Waals surface area contributed by atoms with Gasteiger partial charge in [-0.2, -0.15) is 8.42 Å². The van der Waals surface area contributed by atoms with E-state index in [4.69, 9.17) is 11.6 Å². The molecule has 0 aliphatic carbocycles. The van der Waals surface area contributed by atoms with E-state index in [0.29, 0.717) is 18.5 Å². The Labute approximate surface area is 205 Å². The molecule has 1 heterocycles. The number of rotatable bonds is 6. The van der Waals surface area contributed by atoms with Gasteiger partial charge in [-0.3, -0.25) is 9.35 Å². The van der Waals surface area contributed by atoms with E-state index in [1.165, 1.54) is 4.57 Å². The predicted octanol–water partition coefficient (Wildman–Crippen LogP) is 0.900. The van der Waals surface area contributed by atoms with Gasteiger partial charge >= 0.3 is 29.6 Å². The second kappa shape index (κ2) is 10.1. The number of phenolic OH excluding ortho intramolecular Hbond substituents is 1. The number of unbranched alkanes of at least 4 members (excludes halogenated alkanes) is 1. The molecule has 0 spiro atoms. The molecule has 12 heteroatoms. The Bertz CT molecular complexity index is 1320. The van der Waals surface area contributed by atoms with E-state index in [2.05, 4.69) is 10.2 Å². The van der Waals surface area contributed by atoms with Crippen molar-refractivity contribution in [3.05, 3.63) is 51.8 Å². The van der Waals surface area contributed by atoms with Crippen LogP contribution in [0.2, 0.25) is 5.02 Å². The summed E-state index contributed by atoms with van der Waals surface area (Å²) < 4.78 is 33.4. The number of benzene rings is 2. The molecular formula is C19H17ClN3NaO6S. The first-order valence-electron chi connectivity index (χ1n) is 8.89. The summed E-state index contributed by atoms with van der Waals surface area (Å²) in [6, 6.07) is 8.50. The maximum Gasteiger partial charge on any atom is 1.00 e. The van der Waals surface area contributed by atoms with Crippen molar-refractivity contribution in [2.24, 2.45) is 10.2 Å². The van der Waals surface area contributed by atoms with E-state index >= 15 is 0 Å². The van der Waals surface area contributed by atoms with E-state index < -0.39 is 43.4 Å². The number of nitrogens with zero attached hydrogens (tertiary/aromatic N) is 3. The third-order valence-electron chi connectivity index (χ3n) is 4.39. The SMILES string of the molecule is CCCCn1c(=O)c(N=Nc2cc(Cl)cc(S(=O)(=O)O)c2O)c([O-])c2ccccc21.[Na+]. The van der Waals surface area contributed by atoms with Gasteiger partial charge in [-0.05, 0) is 30.0 Å². The molecule has 0 unspecified atom stereocenters. The van der Waals surface area contributed by atoms with Crippen molar-refractivity contribution in [3.63, 3.8) is 0 Å². The molecule has 3 aromatic rings. The van der Waals surface area contributed by atoms with Crippen LogP contribution in [0.1, 0.15) is 19.8 Å². The average molecular weight is 474 g/mol. The first-order chi connectivity index (χ1) is 14.1. The minimum atomic E-state index is -4.79. The number of phenols is 1. The van der Waals surface area contributed by atoms with Crippen molar-refractivity contribution in [3.8, 4) is 11.5 Å². The van der Waals surface area contributed by atoms with Crippen LogP contribution in [0.5, 0.6) is 11.5 Å². The molecule has 0 amide bonds. The third kappa shape index (κ3) is 5.28. The zero-order valence-electron chi connectivity index (χ0n) is 16.7. The largest absolute Gasteiger partial charge is 1.00 e. The molecule has 0 radical (unpaired) electrons. The molecule has 0 bridgehead atoms. The van der Waals surface area contributed by atoms with E-state index in [-0.39, 0.29) is 40.0 Å². The Morgan fingerprint density at radius 2 is 1.87 bits per heavy atom. The minimum absolute atomic E-state index is 0. The molecule has 0 aliphatic rings. The summed E-state index contributed by atoms with van der Waals surface area (Å²) in [5.41, 5.74) is -1.11. The minimum Gasteiger partial charge on any atom is -0.870 e. The van der Waals surface area contributed by atoms with E-state index in [1.54, 1.807) is 24.3 Å². The number of aromatic nitrogens is 1. The van der Waals surface area contributed by atoms with E-state index in [9.17, 15) is 28.0 Å². The Hall–Kier alpha value is -1.95. The van der Waals surface area contributed by atoms with Crippen molar-refractivity contribution in [2.45, 2.75) is 31.2 Å². The van der Waals surface area contributed by atoms with Gasteiger partial charge in [-0.1, -0.05) is 48.9 Å². The summed E-state index contributed by atoms with van der Waals surface area (Å²) in [6.45, 7) is 2.33. The number of pyridine rings is 1. The third-order valence-corrected chi connectivity index (χ3v) is 5.48. The van der Waals surface area contributed by atoms with Crippen molar-refractivity contribution in [1.29, 1.82) is 0 Å². The number of halogens is 1. The Morgan fingerprint density at radius 3 is 2.52 bits per heavy atom. The predicted molar refractivity (Wildman–Crippen MR) is 110 cm³/mol. The molecule has 2 N–H and O–H groups in total. The Morgan fingerprint density at radius 1 is 1.19 bits per heavy atom. The van der Waals surface area contributed by atoms with Gasteiger partial charge in [0, 0.05) is 11.6 Å². The maximum absolute atomic E-state index is 12.9. The number of azo groups is 1. The quantitative estimate of drug-likeness (QED) is 0.309. The number of hydrogen-bond acceptors (Lipinski definition) is 7. The van der Waals surface area contributed by atoms with Gasteiger partial charge in [-0.15, -0.1) is 10.2 Å². The van der Waals surface area contributed by atoms with Crippen LogP contribution in [0.25, 0.3) is 10.9 Å². The summed E-state index contributed by atoms with van der Waals surface area (Å²) in [5, 5.41) is 30.4. The van der Waals surface area contributed by atoms with Gasteiger partial charge < -0.3 is 14.8 Å². The van der Waals surface area contributed by atoms with Crippen molar-refractivity contribution >= 4 is 44.0 Å². The summed E-state index contributed by atoms with van der Waals surface area (Å²) in [6.07, 6.45) is 1.52. The standard InChI is InChI=1S/C19H18ClN3O6S.Na/c1-2-3-8-23-14-7-5-4-6-12(14)17(24)16(19(23)26)22-21-13-9-11(20)10-15(18(13)25)30(27,28)29;/h4-7,9-10,24-25H,2-3,8H2,1H3,(H,27,28,29);/q;+1/p-1. The topological polar surface area (TPSA) is 144 Å². The number of aromatic hydroxyl groups is 1. The fraction of sp³-hybridized carbons (Fsp3) is 0.211. The second-order valence-corrected chi connectivity index (χ2v) is 8.28. The van der Waals surface area contributed by atoms with Crippen LogP contribution in [0, 0.1) is 0 Å². The zero-order valence-corrected chi connectivity index (χ0v) is 20.3. The van der Waals surface area contributed by atoms with Gasteiger partial charge in [0.25, 0.3) is 15.7 Å². The summed E-state index contributed by atoms with van der Waals surface area (Å²) >= 11 is 5.82. The smallest absolute Gasteiger partial charge is 0.870 e. The fourth-order valence-corrected chi connectivity index (χ4v) is 3.83. The molecule has 1 aromatic heterocycles. The van der Waals surface area contributed by atoms with Crippen LogP contribution in [0.15, 0.2) is 56.3 Å². The van der Waals surface area contributed by atoms with Crippen molar-refractivity contribution in [2.75, 3.05) is 0 Å². The van der Waals surface area contributed by atoms with Gasteiger partial charge in [0.2, 0.25) is 0 Å². The summed E-state index contributed by atoms with van der Waals surface area (Å²) in [4.78, 5) is 12.0. The second-order valence-electron chi connectivity index (χ2n) is 6.45. The molecular weight excluding hydrogens is 457 g/mol. The molecule has 9 nitrogen and oxygen atoms in total. The number of aryl methyl sites for hydroxylation is 1. The summed E-state index contributed by atoms with van der Waals surface area (Å²) in [5.74, 6) is -1.56. The molecule has 0 saturated heterocycles. The summed E-state index contributed by atoms with van der Waals surface area (Å²) in [7, 11) is -4.79. The molecule has 0 fully saturated rings. The Balaban J connectivity index is 0.00000341. The molecule has 0 aliphatic heterocycles. The first kappa shape index (κ1) is 25.3. The normalized spacial score (nSPS) is 11.7. The average Bonchev–Trinajstić information content (AvgIpc) is 2.69. The monoisotopic (exact) mass is 473 g/mol. The number of fused-ring (bicyclic) bond motifs is 1. The number of para-hydroxylation sites is 1. The van der Waals surface area contributed by atoms with Crippen LogP contribution < -0.4 is 40.2 Å². The molecule has 158 valence electrons. The molecule has 3 rings (SSSR count). The van der Waals surface area contributed by atoms with Crippen molar-refractivity contribution < 1.29 is 52.7 Å². The van der Waals surface area contributed by atoms with Crippen molar-refractivity contribution in [1.82, 2.24) is 4.57 Å². The first-order valence-corrected chi connectivity index (χ1v) is 10.7. The van der Waals surface area contributed by atoms with Crippen LogP contribution in [0.4, 0.5) is 11.4 Å². The van der Waals surface area contributed by atoms with Crippen LogP contribution in [-0.4, -0.2) is 22.6 Å². The van der Waals surface area contributed by atoms with Gasteiger partial charge in [0.1, 0.15) is 16.3 Å². The van der Waals surface area contributed by atoms with E-state index in [1.807, 2.05) is 6.92 Å². The molecule has 0 saturated carbocycles. The van der Waals surface area contributed by atoms with Crippen LogP contribution >= 0.6 is 11.6 Å². The molecule has 0 atom stereocenters. The van der Waals surface area contributed by atoms with Crippen LogP contribution in [0.3, 0.4) is 0 Å². The molecule has 31 heavy (non-hydrogen) atoms. The maximum atomic E-state index is 12.9.